The van der Waals surface area contributed by atoms with E-state index in [1.54, 1.807) is 36.4 Å². The molecule has 1 fully saturated rings. The van der Waals surface area contributed by atoms with Crippen molar-refractivity contribution >= 4 is 17.8 Å². The minimum atomic E-state index is -1.59. The molecule has 2 N–H and O–H groups in total. The predicted octanol–water partition coefficient (Wildman–Crippen LogP) is 2.45. The molecule has 1 aromatic heterocycles. The van der Waals surface area contributed by atoms with Gasteiger partial charge in [-0.1, -0.05) is 36.9 Å². The average molecular weight is 486 g/mol. The number of carbonyl (C=O) groups excluding carboxylic acids is 3. The van der Waals surface area contributed by atoms with Crippen LogP contribution < -0.4 is 15.4 Å². The van der Waals surface area contributed by atoms with Crippen LogP contribution in [0.25, 0.3) is 11.4 Å². The van der Waals surface area contributed by atoms with E-state index in [1.165, 1.54) is 12.0 Å². The van der Waals surface area contributed by atoms with E-state index in [1.807, 2.05) is 19.9 Å². The smallest absolute Gasteiger partial charge is 0.323 e. The zero-order valence-corrected chi connectivity index (χ0v) is 19.9. The SMILES string of the molecule is COc1ccc2c(c1)C(=O)N(CC1(C#Cc3ccc(-c4noc(C(C)C)n4)cc3)NC(=O)NC1=O)C2. The molecule has 0 radical (unpaired) electrons. The van der Waals surface area contributed by atoms with Crippen molar-refractivity contribution in [1.29, 1.82) is 0 Å². The summed E-state index contributed by atoms with van der Waals surface area (Å²) in [5, 5.41) is 8.85. The lowest BCUT2D eigenvalue weighted by molar-refractivity contribution is -0.122. The van der Waals surface area contributed by atoms with Gasteiger partial charge in [-0.15, -0.1) is 0 Å². The van der Waals surface area contributed by atoms with Crippen molar-refractivity contribution in [2.24, 2.45) is 0 Å². The lowest BCUT2D eigenvalue weighted by Crippen LogP contribution is -2.54. The normalized spacial score (nSPS) is 18.6. The molecule has 36 heavy (non-hydrogen) atoms. The third kappa shape index (κ3) is 4.15. The number of rotatable bonds is 5. The first-order chi connectivity index (χ1) is 17.3. The predicted molar refractivity (Wildman–Crippen MR) is 128 cm³/mol. The molecule has 4 amide bonds. The molecule has 0 bridgehead atoms. The van der Waals surface area contributed by atoms with E-state index in [2.05, 4.69) is 32.6 Å². The number of urea groups is 1. The Bertz CT molecular complexity index is 1430. The maximum absolute atomic E-state index is 13.0. The number of ether oxygens (including phenoxy) is 1. The molecule has 3 aromatic rings. The molecule has 1 saturated heterocycles. The van der Waals surface area contributed by atoms with Crippen LogP contribution >= 0.6 is 0 Å². The highest BCUT2D eigenvalue weighted by atomic mass is 16.5. The Kier molecular flexibility index (Phi) is 5.68. The van der Waals surface area contributed by atoms with Crippen molar-refractivity contribution in [2.45, 2.75) is 31.8 Å². The van der Waals surface area contributed by atoms with E-state index >= 15 is 0 Å². The molecule has 10 heteroatoms. The van der Waals surface area contributed by atoms with Gasteiger partial charge in [0.15, 0.2) is 0 Å². The molecule has 0 spiro atoms. The van der Waals surface area contributed by atoms with E-state index in [4.69, 9.17) is 9.26 Å². The number of amides is 4. The number of fused-ring (bicyclic) bond motifs is 1. The standard InChI is InChI=1S/C26H23N5O5/c1-15(2)22-27-21(30-36-22)17-6-4-16(5-7-17)10-11-26(24(33)28-25(34)29-26)14-31-13-18-8-9-19(35-3)12-20(18)23(31)32/h4-9,12,15H,13-14H2,1-3H3,(H2,28,29,33,34). The third-order valence-corrected chi connectivity index (χ3v) is 6.06. The molecular weight excluding hydrogens is 462 g/mol. The summed E-state index contributed by atoms with van der Waals surface area (Å²) in [7, 11) is 1.53. The number of benzene rings is 2. The Morgan fingerprint density at radius 3 is 2.58 bits per heavy atom. The molecule has 0 aliphatic carbocycles. The van der Waals surface area contributed by atoms with Gasteiger partial charge in [0.1, 0.15) is 5.75 Å². The molecular formula is C26H23N5O5. The van der Waals surface area contributed by atoms with Crippen LogP contribution in [0.5, 0.6) is 5.75 Å². The van der Waals surface area contributed by atoms with Gasteiger partial charge in [0.05, 0.1) is 13.7 Å². The molecule has 5 rings (SSSR count). The average Bonchev–Trinajstić information content (AvgIpc) is 3.55. The lowest BCUT2D eigenvalue weighted by atomic mass is 9.99. The number of nitrogens with one attached hydrogen (secondary N) is 2. The first-order valence-corrected chi connectivity index (χ1v) is 11.3. The third-order valence-electron chi connectivity index (χ3n) is 6.06. The summed E-state index contributed by atoms with van der Waals surface area (Å²) in [6.07, 6.45) is 0. The lowest BCUT2D eigenvalue weighted by Gasteiger charge is -2.26. The summed E-state index contributed by atoms with van der Waals surface area (Å²) < 4.78 is 10.5. The maximum atomic E-state index is 13.0. The number of methoxy groups -OCH3 is 1. The Hall–Kier alpha value is -4.65. The highest BCUT2D eigenvalue weighted by Crippen LogP contribution is 2.28. The number of hydrogen-bond donors (Lipinski definition) is 2. The number of aromatic nitrogens is 2. The van der Waals surface area contributed by atoms with Crippen LogP contribution in [-0.4, -0.2) is 52.1 Å². The van der Waals surface area contributed by atoms with Crippen molar-refractivity contribution < 1.29 is 23.6 Å². The van der Waals surface area contributed by atoms with E-state index in [9.17, 15) is 14.4 Å². The van der Waals surface area contributed by atoms with Gasteiger partial charge in [0.2, 0.25) is 17.3 Å². The maximum Gasteiger partial charge on any atom is 0.323 e. The van der Waals surface area contributed by atoms with E-state index in [-0.39, 0.29) is 18.4 Å². The fourth-order valence-electron chi connectivity index (χ4n) is 4.08. The van der Waals surface area contributed by atoms with Crippen LogP contribution in [0, 0.1) is 11.8 Å². The minimum Gasteiger partial charge on any atom is -0.497 e. The fraction of sp³-hybridized carbons (Fsp3) is 0.269. The van der Waals surface area contributed by atoms with Gasteiger partial charge in [0, 0.05) is 29.2 Å². The van der Waals surface area contributed by atoms with E-state index < -0.39 is 17.5 Å². The van der Waals surface area contributed by atoms with Gasteiger partial charge in [-0.2, -0.15) is 4.98 Å². The zero-order valence-electron chi connectivity index (χ0n) is 19.9. The molecule has 2 aliphatic rings. The number of imide groups is 1. The fourth-order valence-corrected chi connectivity index (χ4v) is 4.08. The van der Waals surface area contributed by atoms with Crippen LogP contribution in [-0.2, 0) is 11.3 Å². The molecule has 182 valence electrons. The molecule has 2 aliphatic heterocycles. The van der Waals surface area contributed by atoms with E-state index in [0.29, 0.717) is 35.1 Å². The second-order valence-electron chi connectivity index (χ2n) is 8.94. The van der Waals surface area contributed by atoms with Crippen molar-refractivity contribution in [3.8, 4) is 29.0 Å². The second-order valence-corrected chi connectivity index (χ2v) is 8.94. The van der Waals surface area contributed by atoms with Crippen molar-refractivity contribution in [2.75, 3.05) is 13.7 Å². The van der Waals surface area contributed by atoms with Crippen molar-refractivity contribution in [3.05, 3.63) is 65.0 Å². The van der Waals surface area contributed by atoms with Gasteiger partial charge in [-0.25, -0.2) is 4.79 Å². The molecule has 10 nitrogen and oxygen atoms in total. The van der Waals surface area contributed by atoms with Gasteiger partial charge >= 0.3 is 6.03 Å². The van der Waals surface area contributed by atoms with Crippen molar-refractivity contribution in [1.82, 2.24) is 25.7 Å². The molecule has 0 saturated carbocycles. The van der Waals surface area contributed by atoms with E-state index in [0.717, 1.165) is 11.1 Å². The first-order valence-electron chi connectivity index (χ1n) is 11.3. The Morgan fingerprint density at radius 2 is 1.94 bits per heavy atom. The summed E-state index contributed by atoms with van der Waals surface area (Å²) in [4.78, 5) is 43.8. The molecule has 2 aromatic carbocycles. The van der Waals surface area contributed by atoms with Crippen LogP contribution in [0.3, 0.4) is 0 Å². The van der Waals surface area contributed by atoms with Gasteiger partial charge in [0.25, 0.3) is 11.8 Å². The quantitative estimate of drug-likeness (QED) is 0.420. The van der Waals surface area contributed by atoms with Crippen LogP contribution in [0.2, 0.25) is 0 Å². The summed E-state index contributed by atoms with van der Waals surface area (Å²) in [5.41, 5.74) is 1.09. The summed E-state index contributed by atoms with van der Waals surface area (Å²) in [5.74, 6) is 6.71. The number of carbonyl (C=O) groups is 3. The Morgan fingerprint density at radius 1 is 1.17 bits per heavy atom. The largest absolute Gasteiger partial charge is 0.497 e. The van der Waals surface area contributed by atoms with Crippen LogP contribution in [0.1, 0.15) is 47.1 Å². The molecule has 1 atom stereocenters. The topological polar surface area (TPSA) is 127 Å². The Balaban J connectivity index is 1.39. The zero-order chi connectivity index (χ0) is 25.4. The van der Waals surface area contributed by atoms with Gasteiger partial charge in [-0.05, 0) is 42.0 Å². The highest BCUT2D eigenvalue weighted by Gasteiger charge is 2.48. The number of nitrogens with zero attached hydrogens (tertiary/aromatic N) is 3. The summed E-state index contributed by atoms with van der Waals surface area (Å²) in [6, 6.07) is 11.7. The monoisotopic (exact) mass is 485 g/mol. The van der Waals surface area contributed by atoms with Gasteiger partial charge in [-0.3, -0.25) is 14.9 Å². The Labute approximate surface area is 207 Å². The van der Waals surface area contributed by atoms with Crippen molar-refractivity contribution in [3.63, 3.8) is 0 Å². The number of hydrogen-bond acceptors (Lipinski definition) is 7. The highest BCUT2D eigenvalue weighted by molar-refractivity contribution is 6.10. The summed E-state index contributed by atoms with van der Waals surface area (Å²) in [6.45, 7) is 4.12. The van der Waals surface area contributed by atoms with Crippen LogP contribution in [0.15, 0.2) is 47.0 Å². The minimum absolute atomic E-state index is 0.105. The molecule has 1 unspecified atom stereocenters. The second kappa shape index (κ2) is 8.85. The molecule has 3 heterocycles. The van der Waals surface area contributed by atoms with Gasteiger partial charge < -0.3 is 19.5 Å². The van der Waals surface area contributed by atoms with Crippen LogP contribution in [0.4, 0.5) is 4.79 Å². The summed E-state index contributed by atoms with van der Waals surface area (Å²) >= 11 is 0. The first kappa shape index (κ1) is 23.1.